The SMILES string of the molecule is COCC(C)Nc1nccn1C(C)c1cccs1. The minimum Gasteiger partial charge on any atom is -0.383 e. The van der Waals surface area contributed by atoms with Gasteiger partial charge in [-0.15, -0.1) is 11.3 Å². The Morgan fingerprint density at radius 3 is 3.00 bits per heavy atom. The number of ether oxygens (including phenoxy) is 1. The fraction of sp³-hybridized carbons (Fsp3) is 0.462. The smallest absolute Gasteiger partial charge is 0.203 e. The lowest BCUT2D eigenvalue weighted by Crippen LogP contribution is -2.23. The number of aromatic nitrogens is 2. The van der Waals surface area contributed by atoms with Crippen LogP contribution in [0.3, 0.4) is 0 Å². The molecule has 0 amide bonds. The van der Waals surface area contributed by atoms with Crippen molar-refractivity contribution in [2.75, 3.05) is 19.0 Å². The number of methoxy groups -OCH3 is 1. The molecule has 0 aromatic carbocycles. The standard InChI is InChI=1S/C13H19N3OS/c1-10(9-17-3)15-13-14-6-7-16(13)11(2)12-5-4-8-18-12/h4-8,10-11H,9H2,1-3H3,(H,14,15). The molecule has 0 aliphatic heterocycles. The highest BCUT2D eigenvalue weighted by Gasteiger charge is 2.14. The number of nitrogens with one attached hydrogen (secondary N) is 1. The fourth-order valence-corrected chi connectivity index (χ4v) is 2.70. The van der Waals surface area contributed by atoms with Crippen LogP contribution in [-0.4, -0.2) is 29.3 Å². The van der Waals surface area contributed by atoms with E-state index in [9.17, 15) is 0 Å². The first kappa shape index (κ1) is 13.1. The number of imidazole rings is 1. The molecule has 0 radical (unpaired) electrons. The molecular weight excluding hydrogens is 246 g/mol. The maximum absolute atomic E-state index is 5.13. The summed E-state index contributed by atoms with van der Waals surface area (Å²) in [4.78, 5) is 5.70. The molecule has 18 heavy (non-hydrogen) atoms. The van der Waals surface area contributed by atoms with Gasteiger partial charge in [0.15, 0.2) is 0 Å². The summed E-state index contributed by atoms with van der Waals surface area (Å²) in [5, 5.41) is 5.47. The number of thiophene rings is 1. The van der Waals surface area contributed by atoms with Gasteiger partial charge >= 0.3 is 0 Å². The lowest BCUT2D eigenvalue weighted by atomic mass is 10.3. The summed E-state index contributed by atoms with van der Waals surface area (Å²) in [5.74, 6) is 0.889. The van der Waals surface area contributed by atoms with Crippen molar-refractivity contribution in [3.8, 4) is 0 Å². The van der Waals surface area contributed by atoms with Crippen molar-refractivity contribution in [3.63, 3.8) is 0 Å². The zero-order valence-corrected chi connectivity index (χ0v) is 11.8. The Morgan fingerprint density at radius 2 is 2.33 bits per heavy atom. The van der Waals surface area contributed by atoms with Crippen LogP contribution in [0.2, 0.25) is 0 Å². The summed E-state index contributed by atoms with van der Waals surface area (Å²) < 4.78 is 7.28. The van der Waals surface area contributed by atoms with Gasteiger partial charge in [-0.05, 0) is 25.3 Å². The van der Waals surface area contributed by atoms with E-state index in [1.165, 1.54) is 4.88 Å². The van der Waals surface area contributed by atoms with E-state index in [1.54, 1.807) is 18.4 Å². The summed E-state index contributed by atoms with van der Waals surface area (Å²) >= 11 is 1.77. The molecule has 0 fully saturated rings. The second-order valence-corrected chi connectivity index (χ2v) is 5.33. The third-order valence-corrected chi connectivity index (χ3v) is 3.88. The molecule has 0 saturated carbocycles. The predicted octanol–water partition coefficient (Wildman–Crippen LogP) is 3.00. The molecule has 0 bridgehead atoms. The van der Waals surface area contributed by atoms with Gasteiger partial charge in [0, 0.05) is 30.4 Å². The number of hydrogen-bond donors (Lipinski definition) is 1. The quantitative estimate of drug-likeness (QED) is 0.872. The van der Waals surface area contributed by atoms with E-state index >= 15 is 0 Å². The molecule has 1 N–H and O–H groups in total. The molecule has 0 aliphatic carbocycles. The fourth-order valence-electron chi connectivity index (χ4n) is 1.92. The lowest BCUT2D eigenvalue weighted by Gasteiger charge is -2.18. The lowest BCUT2D eigenvalue weighted by molar-refractivity contribution is 0.190. The van der Waals surface area contributed by atoms with E-state index in [-0.39, 0.29) is 6.04 Å². The van der Waals surface area contributed by atoms with Gasteiger partial charge in [-0.2, -0.15) is 0 Å². The van der Waals surface area contributed by atoms with E-state index < -0.39 is 0 Å². The van der Waals surface area contributed by atoms with E-state index in [1.807, 2.05) is 12.4 Å². The highest BCUT2D eigenvalue weighted by atomic mass is 32.1. The molecule has 0 saturated heterocycles. The number of hydrogen-bond acceptors (Lipinski definition) is 4. The molecule has 2 atom stereocenters. The van der Waals surface area contributed by atoms with Crippen molar-refractivity contribution in [3.05, 3.63) is 34.8 Å². The normalized spacial score (nSPS) is 14.4. The zero-order valence-electron chi connectivity index (χ0n) is 11.0. The first-order valence-electron chi connectivity index (χ1n) is 6.04. The van der Waals surface area contributed by atoms with Gasteiger partial charge in [0.05, 0.1) is 12.6 Å². The van der Waals surface area contributed by atoms with Crippen LogP contribution >= 0.6 is 11.3 Å². The second-order valence-electron chi connectivity index (χ2n) is 4.35. The molecule has 0 spiro atoms. The first-order valence-corrected chi connectivity index (χ1v) is 6.92. The van der Waals surface area contributed by atoms with Crippen LogP contribution < -0.4 is 5.32 Å². The third kappa shape index (κ3) is 2.91. The Kier molecular flexibility index (Phi) is 4.38. The van der Waals surface area contributed by atoms with Crippen LogP contribution in [0.4, 0.5) is 5.95 Å². The Hall–Kier alpha value is -1.33. The Morgan fingerprint density at radius 1 is 1.50 bits per heavy atom. The highest BCUT2D eigenvalue weighted by Crippen LogP contribution is 2.25. The molecule has 0 aliphatic rings. The van der Waals surface area contributed by atoms with Crippen molar-refractivity contribution >= 4 is 17.3 Å². The average Bonchev–Trinajstić information content (AvgIpc) is 2.98. The molecule has 5 heteroatoms. The van der Waals surface area contributed by atoms with Gasteiger partial charge in [-0.1, -0.05) is 6.07 Å². The molecule has 2 heterocycles. The highest BCUT2D eigenvalue weighted by molar-refractivity contribution is 7.10. The van der Waals surface area contributed by atoms with Crippen LogP contribution in [0.1, 0.15) is 24.8 Å². The number of nitrogens with zero attached hydrogens (tertiary/aromatic N) is 2. The number of anilines is 1. The summed E-state index contributed by atoms with van der Waals surface area (Å²) in [6.45, 7) is 4.93. The summed E-state index contributed by atoms with van der Waals surface area (Å²) in [6.07, 6.45) is 3.83. The topological polar surface area (TPSA) is 39.1 Å². The third-order valence-electron chi connectivity index (χ3n) is 2.83. The van der Waals surface area contributed by atoms with Crippen LogP contribution in [0.5, 0.6) is 0 Å². The van der Waals surface area contributed by atoms with E-state index in [2.05, 4.69) is 46.2 Å². The Bertz CT molecular complexity index is 466. The van der Waals surface area contributed by atoms with Gasteiger partial charge in [0.1, 0.15) is 0 Å². The van der Waals surface area contributed by atoms with Gasteiger partial charge in [0.2, 0.25) is 5.95 Å². The molecule has 2 aromatic rings. The van der Waals surface area contributed by atoms with Gasteiger partial charge in [-0.25, -0.2) is 4.98 Å². The molecule has 2 rings (SSSR count). The maximum Gasteiger partial charge on any atom is 0.203 e. The maximum atomic E-state index is 5.13. The van der Waals surface area contributed by atoms with Crippen LogP contribution in [0.15, 0.2) is 29.9 Å². The molecule has 4 nitrogen and oxygen atoms in total. The van der Waals surface area contributed by atoms with Gasteiger partial charge in [-0.3, -0.25) is 0 Å². The van der Waals surface area contributed by atoms with Crippen LogP contribution in [0.25, 0.3) is 0 Å². The van der Waals surface area contributed by atoms with Crippen molar-refractivity contribution in [1.82, 2.24) is 9.55 Å². The van der Waals surface area contributed by atoms with Crippen molar-refractivity contribution in [2.45, 2.75) is 25.9 Å². The molecule has 2 aromatic heterocycles. The van der Waals surface area contributed by atoms with Crippen molar-refractivity contribution < 1.29 is 4.74 Å². The summed E-state index contributed by atoms with van der Waals surface area (Å²) in [5.41, 5.74) is 0. The minimum absolute atomic E-state index is 0.242. The Labute approximate surface area is 112 Å². The summed E-state index contributed by atoms with van der Waals surface area (Å²) in [7, 11) is 1.71. The first-order chi connectivity index (χ1) is 8.72. The monoisotopic (exact) mass is 265 g/mol. The molecule has 98 valence electrons. The molecule has 2 unspecified atom stereocenters. The Balaban J connectivity index is 2.12. The van der Waals surface area contributed by atoms with Crippen molar-refractivity contribution in [2.24, 2.45) is 0 Å². The van der Waals surface area contributed by atoms with Gasteiger partial charge in [0.25, 0.3) is 0 Å². The van der Waals surface area contributed by atoms with Crippen LogP contribution in [-0.2, 0) is 4.74 Å². The van der Waals surface area contributed by atoms with E-state index in [0.29, 0.717) is 12.6 Å². The van der Waals surface area contributed by atoms with Gasteiger partial charge < -0.3 is 14.6 Å². The number of rotatable bonds is 6. The second kappa shape index (κ2) is 6.02. The minimum atomic E-state index is 0.242. The predicted molar refractivity (Wildman–Crippen MR) is 75.3 cm³/mol. The molecular formula is C13H19N3OS. The van der Waals surface area contributed by atoms with Crippen LogP contribution in [0, 0.1) is 0 Å². The largest absolute Gasteiger partial charge is 0.383 e. The van der Waals surface area contributed by atoms with E-state index in [4.69, 9.17) is 4.74 Å². The van der Waals surface area contributed by atoms with Crippen molar-refractivity contribution in [1.29, 1.82) is 0 Å². The average molecular weight is 265 g/mol. The van der Waals surface area contributed by atoms with E-state index in [0.717, 1.165) is 5.95 Å². The zero-order chi connectivity index (χ0) is 13.0. The summed E-state index contributed by atoms with van der Waals surface area (Å²) in [6, 6.07) is 4.77.